The smallest absolute Gasteiger partial charge is 0.296 e. The second kappa shape index (κ2) is 7.66. The zero-order valence-corrected chi connectivity index (χ0v) is 18.3. The van der Waals surface area contributed by atoms with Crippen LogP contribution < -0.4 is 10.1 Å². The van der Waals surface area contributed by atoms with E-state index in [0.29, 0.717) is 27.6 Å². The van der Waals surface area contributed by atoms with Gasteiger partial charge in [0, 0.05) is 5.56 Å². The van der Waals surface area contributed by atoms with Crippen molar-refractivity contribution in [2.24, 2.45) is 0 Å². The number of aromatic amines is 1. The number of hydrogen-bond acceptors (Lipinski definition) is 7. The number of nitrogens with one attached hydrogen (secondary N) is 2. The number of halogens is 2. The minimum absolute atomic E-state index is 0.147. The average Bonchev–Trinajstić information content (AvgIpc) is 3.54. The molecule has 33 heavy (non-hydrogen) atoms. The second-order valence-electron chi connectivity index (χ2n) is 8.58. The predicted octanol–water partition coefficient (Wildman–Crippen LogP) is 3.31. The molecule has 0 bridgehead atoms. The van der Waals surface area contributed by atoms with Gasteiger partial charge >= 0.3 is 0 Å². The van der Waals surface area contributed by atoms with Gasteiger partial charge in [0.2, 0.25) is 0 Å². The van der Waals surface area contributed by atoms with Crippen LogP contribution in [0.4, 0.5) is 10.2 Å². The van der Waals surface area contributed by atoms with Crippen molar-refractivity contribution in [2.75, 3.05) is 18.5 Å². The number of H-pyrrole nitrogens is 1. The van der Waals surface area contributed by atoms with Crippen molar-refractivity contribution in [3.8, 4) is 6.01 Å². The first-order valence-corrected chi connectivity index (χ1v) is 11.2. The van der Waals surface area contributed by atoms with Gasteiger partial charge in [0.15, 0.2) is 17.4 Å². The first-order valence-electron chi connectivity index (χ1n) is 10.8. The number of anilines is 1. The molecule has 2 saturated heterocycles. The van der Waals surface area contributed by atoms with E-state index in [1.165, 1.54) is 6.07 Å². The SMILES string of the molecule is C=C[C@]12OC[C@@H](O)[C@H]1OC[C@H]2Oc1nc2nc(N[C@H]3CCc4cccc(F)c43)c(Cl)cc2[nH]1. The number of aliphatic hydroxyl groups is 1. The van der Waals surface area contributed by atoms with Crippen LogP contribution in [-0.2, 0) is 15.9 Å². The highest BCUT2D eigenvalue weighted by atomic mass is 35.5. The summed E-state index contributed by atoms with van der Waals surface area (Å²) in [6.07, 6.45) is 1.33. The van der Waals surface area contributed by atoms with E-state index in [1.807, 2.05) is 6.07 Å². The molecular weight excluding hydrogens is 451 g/mol. The molecule has 1 aromatic carbocycles. The lowest BCUT2D eigenvalue weighted by atomic mass is 9.92. The van der Waals surface area contributed by atoms with Gasteiger partial charge in [0.05, 0.1) is 29.8 Å². The van der Waals surface area contributed by atoms with E-state index in [4.69, 9.17) is 25.8 Å². The monoisotopic (exact) mass is 472 g/mol. The molecule has 0 amide bonds. The fourth-order valence-electron chi connectivity index (χ4n) is 5.10. The van der Waals surface area contributed by atoms with Gasteiger partial charge in [0.25, 0.3) is 6.01 Å². The Kier molecular flexibility index (Phi) is 4.84. The van der Waals surface area contributed by atoms with Crippen LogP contribution in [0.15, 0.2) is 36.9 Å². The van der Waals surface area contributed by atoms with Crippen LogP contribution in [0, 0.1) is 5.82 Å². The van der Waals surface area contributed by atoms with Gasteiger partial charge in [-0.25, -0.2) is 9.37 Å². The van der Waals surface area contributed by atoms with E-state index in [9.17, 15) is 9.50 Å². The Labute approximate surface area is 193 Å². The maximum Gasteiger partial charge on any atom is 0.296 e. The number of aryl methyl sites for hydroxylation is 1. The normalized spacial score (nSPS) is 30.4. The molecule has 0 saturated carbocycles. The quantitative estimate of drug-likeness (QED) is 0.490. The van der Waals surface area contributed by atoms with Crippen molar-refractivity contribution in [3.05, 3.63) is 58.9 Å². The lowest BCUT2D eigenvalue weighted by Gasteiger charge is -2.28. The van der Waals surface area contributed by atoms with Crippen LogP contribution in [-0.4, -0.2) is 57.2 Å². The molecule has 0 radical (unpaired) electrons. The van der Waals surface area contributed by atoms with Crippen LogP contribution >= 0.6 is 11.6 Å². The van der Waals surface area contributed by atoms with E-state index in [0.717, 1.165) is 18.4 Å². The number of aromatic nitrogens is 3. The van der Waals surface area contributed by atoms with Gasteiger partial charge in [-0.3, -0.25) is 0 Å². The summed E-state index contributed by atoms with van der Waals surface area (Å²) in [5, 5.41) is 13.8. The van der Waals surface area contributed by atoms with Crippen molar-refractivity contribution >= 4 is 28.6 Å². The van der Waals surface area contributed by atoms with E-state index in [-0.39, 0.29) is 31.1 Å². The molecule has 0 unspecified atom stereocenters. The van der Waals surface area contributed by atoms with Gasteiger partial charge < -0.3 is 29.6 Å². The summed E-state index contributed by atoms with van der Waals surface area (Å²) in [5.74, 6) is 0.194. The highest BCUT2D eigenvalue weighted by Crippen LogP contribution is 2.41. The van der Waals surface area contributed by atoms with Crippen LogP contribution in [0.3, 0.4) is 0 Å². The fourth-order valence-corrected chi connectivity index (χ4v) is 5.31. The van der Waals surface area contributed by atoms with E-state index >= 15 is 0 Å². The maximum atomic E-state index is 14.4. The van der Waals surface area contributed by atoms with Gasteiger partial charge in [-0.2, -0.15) is 4.98 Å². The summed E-state index contributed by atoms with van der Waals surface area (Å²) in [4.78, 5) is 12.1. The molecule has 6 rings (SSSR count). The van der Waals surface area contributed by atoms with Crippen LogP contribution in [0.25, 0.3) is 11.2 Å². The molecule has 3 aliphatic rings. The topological polar surface area (TPSA) is 102 Å². The number of fused-ring (bicyclic) bond motifs is 3. The lowest BCUT2D eigenvalue weighted by molar-refractivity contribution is -0.0324. The third-order valence-corrected chi connectivity index (χ3v) is 7.00. The molecule has 1 aliphatic carbocycles. The molecule has 8 nitrogen and oxygen atoms in total. The van der Waals surface area contributed by atoms with E-state index in [2.05, 4.69) is 26.8 Å². The van der Waals surface area contributed by atoms with Crippen LogP contribution in [0.1, 0.15) is 23.6 Å². The Morgan fingerprint density at radius 3 is 3.09 bits per heavy atom. The van der Waals surface area contributed by atoms with Crippen molar-refractivity contribution < 1.29 is 23.7 Å². The minimum Gasteiger partial charge on any atom is -0.455 e. The molecule has 4 heterocycles. The number of hydrogen-bond donors (Lipinski definition) is 3. The predicted molar refractivity (Wildman–Crippen MR) is 119 cm³/mol. The van der Waals surface area contributed by atoms with Crippen molar-refractivity contribution in [2.45, 2.75) is 42.8 Å². The third-order valence-electron chi connectivity index (χ3n) is 6.71. The molecule has 2 aromatic heterocycles. The van der Waals surface area contributed by atoms with Gasteiger partial charge in [-0.1, -0.05) is 36.4 Å². The van der Waals surface area contributed by atoms with Crippen molar-refractivity contribution in [1.29, 1.82) is 0 Å². The van der Waals surface area contributed by atoms with E-state index < -0.39 is 23.9 Å². The molecule has 5 atom stereocenters. The number of benzene rings is 1. The Morgan fingerprint density at radius 2 is 2.24 bits per heavy atom. The first-order chi connectivity index (χ1) is 16.0. The third kappa shape index (κ3) is 3.22. The fraction of sp³-hybridized carbons (Fsp3) is 0.391. The highest BCUT2D eigenvalue weighted by molar-refractivity contribution is 6.33. The number of nitrogens with zero attached hydrogens (tertiary/aromatic N) is 2. The summed E-state index contributed by atoms with van der Waals surface area (Å²) >= 11 is 6.47. The average molecular weight is 473 g/mol. The van der Waals surface area contributed by atoms with Crippen LogP contribution in [0.2, 0.25) is 5.02 Å². The molecule has 10 heteroatoms. The summed E-state index contributed by atoms with van der Waals surface area (Å²) in [6, 6.07) is 6.85. The van der Waals surface area contributed by atoms with Crippen molar-refractivity contribution in [3.63, 3.8) is 0 Å². The zero-order chi connectivity index (χ0) is 22.7. The summed E-state index contributed by atoms with van der Waals surface area (Å²) in [5.41, 5.74) is 1.70. The first kappa shape index (κ1) is 20.9. The number of rotatable bonds is 5. The summed E-state index contributed by atoms with van der Waals surface area (Å²) in [6.45, 7) is 4.22. The van der Waals surface area contributed by atoms with Gasteiger partial charge in [0.1, 0.15) is 23.8 Å². The standard InChI is InChI=1S/C23H22ClFN4O4/c1-2-23-17(10-31-19(23)16(30)9-32-23)33-22-27-15-8-12(24)20(28-21(15)29-22)26-14-7-6-11-4-3-5-13(25)18(11)14/h2-5,8,14,16-17,19,30H,1,6-7,9-10H2,(H2,26,27,28,29)/t14-,16+,17+,19+,23+/m0/s1. The molecule has 2 aliphatic heterocycles. The summed E-state index contributed by atoms with van der Waals surface area (Å²) in [7, 11) is 0. The molecule has 3 N–H and O–H groups in total. The van der Waals surface area contributed by atoms with Crippen LogP contribution in [0.5, 0.6) is 6.01 Å². The maximum absolute atomic E-state index is 14.4. The highest BCUT2D eigenvalue weighted by Gasteiger charge is 2.59. The van der Waals surface area contributed by atoms with Gasteiger partial charge in [-0.05, 0) is 30.5 Å². The number of pyridine rings is 1. The Hall–Kier alpha value is -2.72. The Morgan fingerprint density at radius 1 is 1.36 bits per heavy atom. The Balaban J connectivity index is 1.26. The molecular formula is C23H22ClFN4O4. The number of aliphatic hydroxyl groups excluding tert-OH is 1. The molecule has 2 fully saturated rings. The Bertz CT molecular complexity index is 1250. The lowest BCUT2D eigenvalue weighted by Crippen LogP contribution is -2.47. The van der Waals surface area contributed by atoms with Crippen molar-refractivity contribution in [1.82, 2.24) is 15.0 Å². The number of imidazole rings is 1. The molecule has 0 spiro atoms. The molecule has 172 valence electrons. The summed E-state index contributed by atoms with van der Waals surface area (Å²) < 4.78 is 31.9. The zero-order valence-electron chi connectivity index (χ0n) is 17.6. The minimum atomic E-state index is -0.948. The largest absolute Gasteiger partial charge is 0.455 e. The van der Waals surface area contributed by atoms with E-state index in [1.54, 1.807) is 18.2 Å². The number of ether oxygens (including phenoxy) is 3. The van der Waals surface area contributed by atoms with Gasteiger partial charge in [-0.15, -0.1) is 0 Å². The second-order valence-corrected chi connectivity index (χ2v) is 8.98. The molecule has 3 aromatic rings.